The summed E-state index contributed by atoms with van der Waals surface area (Å²) in [6, 6.07) is 13.6. The molecule has 0 bridgehead atoms. The van der Waals surface area contributed by atoms with E-state index in [1.807, 2.05) is 29.6 Å². The van der Waals surface area contributed by atoms with Crippen molar-refractivity contribution >= 4 is 5.69 Å². The van der Waals surface area contributed by atoms with Crippen LogP contribution in [0.15, 0.2) is 48.5 Å². The SMILES string of the molecule is COc1cccc(C[NH2+]C[C@H](O)COc2cccc([N+](=O)[O-])c2)c1. The molecule has 0 aliphatic heterocycles. The first-order chi connectivity index (χ1) is 11.6. The highest BCUT2D eigenvalue weighted by Gasteiger charge is 2.10. The smallest absolute Gasteiger partial charge is 0.273 e. The van der Waals surface area contributed by atoms with Crippen LogP contribution in [0.25, 0.3) is 0 Å². The van der Waals surface area contributed by atoms with Crippen molar-refractivity contribution < 1.29 is 24.8 Å². The number of nitrogens with two attached hydrogens (primary N) is 1. The summed E-state index contributed by atoms with van der Waals surface area (Å²) in [4.78, 5) is 10.2. The van der Waals surface area contributed by atoms with Crippen LogP contribution in [-0.4, -0.2) is 36.4 Å². The van der Waals surface area contributed by atoms with E-state index in [-0.39, 0.29) is 12.3 Å². The van der Waals surface area contributed by atoms with E-state index < -0.39 is 11.0 Å². The standard InChI is InChI=1S/C17H20N2O5/c1-23-16-6-2-4-13(8-16)10-18-11-15(20)12-24-17-7-3-5-14(9-17)19(21)22/h2-9,15,18,20H,10-12H2,1H3/p+1/t15-/m0/s1. The number of aliphatic hydroxyl groups is 1. The molecular weight excluding hydrogens is 312 g/mol. The number of hydrogen-bond acceptors (Lipinski definition) is 5. The lowest BCUT2D eigenvalue weighted by Gasteiger charge is -2.11. The minimum atomic E-state index is -0.671. The van der Waals surface area contributed by atoms with Gasteiger partial charge in [0.25, 0.3) is 5.69 Å². The molecule has 7 heteroatoms. The topological polar surface area (TPSA) is 98.4 Å². The Morgan fingerprint density at radius 2 is 1.96 bits per heavy atom. The Morgan fingerprint density at radius 1 is 1.21 bits per heavy atom. The molecule has 0 saturated carbocycles. The van der Waals surface area contributed by atoms with Gasteiger partial charge in [0.15, 0.2) is 0 Å². The quantitative estimate of drug-likeness (QED) is 0.529. The largest absolute Gasteiger partial charge is 0.497 e. The van der Waals surface area contributed by atoms with Gasteiger partial charge >= 0.3 is 0 Å². The minimum Gasteiger partial charge on any atom is -0.497 e. The van der Waals surface area contributed by atoms with Crippen LogP contribution < -0.4 is 14.8 Å². The first-order valence-electron chi connectivity index (χ1n) is 7.58. The normalized spacial score (nSPS) is 11.8. The monoisotopic (exact) mass is 333 g/mol. The molecule has 7 nitrogen and oxygen atoms in total. The van der Waals surface area contributed by atoms with Gasteiger partial charge in [-0.15, -0.1) is 0 Å². The number of hydrogen-bond donors (Lipinski definition) is 2. The molecule has 0 spiro atoms. The number of nitrogens with zero attached hydrogens (tertiary/aromatic N) is 1. The lowest BCUT2D eigenvalue weighted by molar-refractivity contribution is -0.676. The molecule has 0 radical (unpaired) electrons. The second kappa shape index (κ2) is 8.85. The third-order valence-corrected chi connectivity index (χ3v) is 3.42. The average Bonchev–Trinajstić information content (AvgIpc) is 2.60. The van der Waals surface area contributed by atoms with E-state index in [0.29, 0.717) is 18.8 Å². The number of nitro benzene ring substituents is 1. The minimum absolute atomic E-state index is 0.0356. The molecule has 0 unspecified atom stereocenters. The van der Waals surface area contributed by atoms with Gasteiger partial charge in [-0.1, -0.05) is 18.2 Å². The maximum Gasteiger partial charge on any atom is 0.273 e. The van der Waals surface area contributed by atoms with E-state index in [4.69, 9.17) is 9.47 Å². The molecule has 0 aliphatic carbocycles. The van der Waals surface area contributed by atoms with Gasteiger partial charge < -0.3 is 19.9 Å². The van der Waals surface area contributed by atoms with Crippen LogP contribution in [0.5, 0.6) is 11.5 Å². The van der Waals surface area contributed by atoms with Crippen molar-refractivity contribution in [3.05, 3.63) is 64.2 Å². The van der Waals surface area contributed by atoms with Gasteiger partial charge in [0.05, 0.1) is 18.1 Å². The molecule has 0 fully saturated rings. The van der Waals surface area contributed by atoms with Crippen LogP contribution in [0, 0.1) is 10.1 Å². The number of methoxy groups -OCH3 is 1. The van der Waals surface area contributed by atoms with Gasteiger partial charge in [0, 0.05) is 11.6 Å². The molecule has 1 atom stereocenters. The molecule has 24 heavy (non-hydrogen) atoms. The Morgan fingerprint density at radius 3 is 2.71 bits per heavy atom. The summed E-state index contributed by atoms with van der Waals surface area (Å²) in [7, 11) is 1.62. The predicted octanol–water partition coefficient (Wildman–Crippen LogP) is 1.11. The first kappa shape index (κ1) is 17.7. The number of quaternary nitrogens is 1. The van der Waals surface area contributed by atoms with Gasteiger partial charge in [0.2, 0.25) is 0 Å². The highest BCUT2D eigenvalue weighted by Crippen LogP contribution is 2.19. The van der Waals surface area contributed by atoms with Gasteiger partial charge in [0.1, 0.15) is 37.3 Å². The van der Waals surface area contributed by atoms with E-state index in [1.165, 1.54) is 12.1 Å². The van der Waals surface area contributed by atoms with Crippen molar-refractivity contribution in [1.82, 2.24) is 0 Å². The van der Waals surface area contributed by atoms with Crippen LogP contribution in [0.4, 0.5) is 5.69 Å². The summed E-state index contributed by atoms with van der Waals surface area (Å²) < 4.78 is 10.6. The maximum absolute atomic E-state index is 10.7. The van der Waals surface area contributed by atoms with E-state index in [1.54, 1.807) is 19.2 Å². The summed E-state index contributed by atoms with van der Waals surface area (Å²) in [5.41, 5.74) is 1.06. The Hall–Kier alpha value is -2.64. The molecule has 0 saturated heterocycles. The third kappa shape index (κ3) is 5.53. The van der Waals surface area contributed by atoms with Gasteiger partial charge in [-0.05, 0) is 18.2 Å². The fourth-order valence-electron chi connectivity index (χ4n) is 2.19. The zero-order valence-electron chi connectivity index (χ0n) is 13.4. The van der Waals surface area contributed by atoms with E-state index in [2.05, 4.69) is 0 Å². The Labute approximate surface area is 140 Å². The zero-order chi connectivity index (χ0) is 17.4. The number of rotatable bonds is 9. The molecule has 0 aliphatic rings. The van der Waals surface area contributed by atoms with Gasteiger partial charge in [-0.3, -0.25) is 10.1 Å². The Bertz CT molecular complexity index is 678. The molecule has 0 amide bonds. The second-order valence-corrected chi connectivity index (χ2v) is 5.30. The fourth-order valence-corrected chi connectivity index (χ4v) is 2.19. The fraction of sp³-hybridized carbons (Fsp3) is 0.294. The number of benzene rings is 2. The molecule has 128 valence electrons. The highest BCUT2D eigenvalue weighted by molar-refractivity contribution is 5.37. The van der Waals surface area contributed by atoms with Crippen LogP contribution in [0.2, 0.25) is 0 Å². The number of nitro groups is 1. The van der Waals surface area contributed by atoms with Crippen LogP contribution in [0.1, 0.15) is 5.56 Å². The molecule has 2 aromatic carbocycles. The second-order valence-electron chi connectivity index (χ2n) is 5.30. The molecule has 2 aromatic rings. The van der Waals surface area contributed by atoms with Crippen molar-refractivity contribution in [2.24, 2.45) is 0 Å². The summed E-state index contributed by atoms with van der Waals surface area (Å²) in [6.45, 7) is 1.26. The van der Waals surface area contributed by atoms with Gasteiger partial charge in [-0.2, -0.15) is 0 Å². The summed E-state index contributed by atoms with van der Waals surface area (Å²) in [5, 5.41) is 22.6. The summed E-state index contributed by atoms with van der Waals surface area (Å²) in [5.74, 6) is 1.17. The van der Waals surface area contributed by atoms with Crippen molar-refractivity contribution in [3.63, 3.8) is 0 Å². The van der Waals surface area contributed by atoms with Crippen molar-refractivity contribution in [2.45, 2.75) is 12.6 Å². The van der Waals surface area contributed by atoms with E-state index >= 15 is 0 Å². The predicted molar refractivity (Wildman–Crippen MR) is 88.1 cm³/mol. The van der Waals surface area contributed by atoms with Crippen molar-refractivity contribution in [1.29, 1.82) is 0 Å². The first-order valence-corrected chi connectivity index (χ1v) is 7.58. The van der Waals surface area contributed by atoms with Gasteiger partial charge in [-0.25, -0.2) is 0 Å². The molecule has 3 N–H and O–H groups in total. The lowest BCUT2D eigenvalue weighted by Crippen LogP contribution is -2.85. The zero-order valence-corrected chi connectivity index (χ0v) is 13.4. The lowest BCUT2D eigenvalue weighted by atomic mass is 10.2. The maximum atomic E-state index is 10.7. The average molecular weight is 333 g/mol. The molecule has 2 rings (SSSR count). The van der Waals surface area contributed by atoms with Crippen LogP contribution in [0.3, 0.4) is 0 Å². The van der Waals surface area contributed by atoms with E-state index in [9.17, 15) is 15.2 Å². The Balaban J connectivity index is 1.74. The van der Waals surface area contributed by atoms with Crippen LogP contribution >= 0.6 is 0 Å². The number of non-ortho nitro benzene ring substituents is 1. The van der Waals surface area contributed by atoms with Crippen molar-refractivity contribution in [2.75, 3.05) is 20.3 Å². The van der Waals surface area contributed by atoms with Crippen LogP contribution in [-0.2, 0) is 6.54 Å². The molecular formula is C17H21N2O5+. The Kier molecular flexibility index (Phi) is 6.53. The summed E-state index contributed by atoms with van der Waals surface area (Å²) >= 11 is 0. The molecule has 0 aromatic heterocycles. The van der Waals surface area contributed by atoms with Crippen molar-refractivity contribution in [3.8, 4) is 11.5 Å². The highest BCUT2D eigenvalue weighted by atomic mass is 16.6. The van der Waals surface area contributed by atoms with E-state index in [0.717, 1.165) is 11.3 Å². The number of aliphatic hydroxyl groups excluding tert-OH is 1. The number of ether oxygens (including phenoxy) is 2. The summed E-state index contributed by atoms with van der Waals surface area (Å²) in [6.07, 6.45) is -0.671. The molecule has 0 heterocycles. The third-order valence-electron chi connectivity index (χ3n) is 3.42.